The fourth-order valence-electron chi connectivity index (χ4n) is 3.24. The summed E-state index contributed by atoms with van der Waals surface area (Å²) in [5, 5.41) is 2.00. The summed E-state index contributed by atoms with van der Waals surface area (Å²) in [6, 6.07) is 14.0. The number of aryl methyl sites for hydroxylation is 1. The summed E-state index contributed by atoms with van der Waals surface area (Å²) in [5.41, 5.74) is 1.85. The van der Waals surface area contributed by atoms with Crippen LogP contribution in [0.2, 0.25) is 0 Å². The van der Waals surface area contributed by atoms with E-state index in [9.17, 15) is 13.2 Å². The molecule has 1 saturated heterocycles. The van der Waals surface area contributed by atoms with Gasteiger partial charge in [0.05, 0.1) is 4.90 Å². The number of ether oxygens (including phenoxy) is 1. The smallest absolute Gasteiger partial charge is 0.268 e. The van der Waals surface area contributed by atoms with E-state index >= 15 is 0 Å². The number of nitrogens with one attached hydrogen (secondary N) is 1. The number of aromatic nitrogens is 1. The van der Waals surface area contributed by atoms with Gasteiger partial charge in [0.1, 0.15) is 5.75 Å². The van der Waals surface area contributed by atoms with E-state index in [2.05, 4.69) is 16.6 Å². The second-order valence-corrected chi connectivity index (χ2v) is 9.40. The van der Waals surface area contributed by atoms with Gasteiger partial charge in [-0.15, -0.1) is 11.3 Å². The van der Waals surface area contributed by atoms with Crippen molar-refractivity contribution in [3.8, 4) is 5.75 Å². The molecule has 2 heterocycles. The first kappa shape index (κ1) is 20.4. The second kappa shape index (κ2) is 8.45. The molecule has 1 atom stereocenters. The summed E-state index contributed by atoms with van der Waals surface area (Å²) >= 11 is 1.20. The van der Waals surface area contributed by atoms with Crippen LogP contribution in [-0.4, -0.2) is 32.0 Å². The maximum Gasteiger partial charge on any atom is 0.268 e. The molecule has 3 aromatic rings. The minimum Gasteiger partial charge on any atom is -0.481 e. The van der Waals surface area contributed by atoms with E-state index < -0.39 is 16.1 Å². The van der Waals surface area contributed by atoms with Crippen LogP contribution in [0.25, 0.3) is 0 Å². The highest BCUT2D eigenvalue weighted by Crippen LogP contribution is 2.27. The number of sulfonamides is 1. The molecule has 1 fully saturated rings. The minimum atomic E-state index is -3.72. The van der Waals surface area contributed by atoms with E-state index in [1.54, 1.807) is 22.4 Å². The summed E-state index contributed by atoms with van der Waals surface area (Å²) in [7, 11) is -3.72. The zero-order valence-electron chi connectivity index (χ0n) is 16.3. The van der Waals surface area contributed by atoms with E-state index in [-0.39, 0.29) is 12.2 Å². The average Bonchev–Trinajstić information content (AvgIpc) is 3.38. The molecule has 2 aromatic carbocycles. The van der Waals surface area contributed by atoms with Gasteiger partial charge < -0.3 is 9.64 Å². The van der Waals surface area contributed by atoms with Crippen LogP contribution in [0.3, 0.4) is 0 Å². The molecule has 9 heteroatoms. The number of carbonyl (C=O) groups excluding carboxylic acids is 1. The van der Waals surface area contributed by atoms with Crippen LogP contribution in [0.4, 0.5) is 10.8 Å². The largest absolute Gasteiger partial charge is 0.481 e. The minimum absolute atomic E-state index is 0. The molecule has 0 radical (unpaired) electrons. The van der Waals surface area contributed by atoms with Crippen LogP contribution in [0.5, 0.6) is 5.75 Å². The SMILES string of the molecule is CCc1ccc(OC2CCN(c3ccc(S(=O)(=O)Nc4nccs4)cc3)C2=O)cc1.[HH]. The predicted molar refractivity (Wildman–Crippen MR) is 119 cm³/mol. The van der Waals surface area contributed by atoms with Crippen molar-refractivity contribution >= 4 is 38.1 Å². The Morgan fingerprint density at radius 1 is 1.20 bits per heavy atom. The summed E-state index contributed by atoms with van der Waals surface area (Å²) in [4.78, 5) is 18.5. The zero-order chi connectivity index (χ0) is 21.1. The molecule has 0 saturated carbocycles. The van der Waals surface area contributed by atoms with Gasteiger partial charge in [-0.25, -0.2) is 13.4 Å². The zero-order valence-corrected chi connectivity index (χ0v) is 17.9. The van der Waals surface area contributed by atoms with Crippen molar-refractivity contribution < 1.29 is 19.4 Å². The van der Waals surface area contributed by atoms with E-state index in [0.29, 0.717) is 29.5 Å². The number of anilines is 2. The molecular formula is C21H23N3O4S2. The van der Waals surface area contributed by atoms with Crippen molar-refractivity contribution in [1.82, 2.24) is 4.98 Å². The third-order valence-electron chi connectivity index (χ3n) is 4.88. The van der Waals surface area contributed by atoms with Crippen LogP contribution in [-0.2, 0) is 21.2 Å². The van der Waals surface area contributed by atoms with Gasteiger partial charge in [-0.3, -0.25) is 9.52 Å². The Bertz CT molecular complexity index is 1120. The molecule has 1 N–H and O–H groups in total. The number of amides is 1. The highest BCUT2D eigenvalue weighted by molar-refractivity contribution is 7.93. The highest BCUT2D eigenvalue weighted by atomic mass is 32.2. The topological polar surface area (TPSA) is 88.6 Å². The lowest BCUT2D eigenvalue weighted by Gasteiger charge is -2.18. The van der Waals surface area contributed by atoms with E-state index in [4.69, 9.17) is 4.74 Å². The van der Waals surface area contributed by atoms with Crippen LogP contribution >= 0.6 is 11.3 Å². The fraction of sp³-hybridized carbons (Fsp3) is 0.238. The Hall–Kier alpha value is -2.91. The van der Waals surface area contributed by atoms with E-state index in [1.165, 1.54) is 35.2 Å². The molecular weight excluding hydrogens is 422 g/mol. The molecule has 0 aliphatic carbocycles. The van der Waals surface area contributed by atoms with Gasteiger partial charge in [0, 0.05) is 31.7 Å². The summed E-state index contributed by atoms with van der Waals surface area (Å²) in [6.45, 7) is 2.60. The normalized spacial score (nSPS) is 16.6. The molecule has 158 valence electrons. The van der Waals surface area contributed by atoms with Crippen molar-refractivity contribution in [1.29, 1.82) is 0 Å². The van der Waals surface area contributed by atoms with E-state index in [1.807, 2.05) is 24.3 Å². The molecule has 1 aliphatic rings. The molecule has 1 aliphatic heterocycles. The van der Waals surface area contributed by atoms with Crippen molar-refractivity contribution in [3.05, 3.63) is 65.7 Å². The molecule has 1 unspecified atom stereocenters. The predicted octanol–water partition coefficient (Wildman–Crippen LogP) is 3.94. The Morgan fingerprint density at radius 3 is 2.57 bits per heavy atom. The molecule has 1 aromatic heterocycles. The van der Waals surface area contributed by atoms with Crippen molar-refractivity contribution in [2.24, 2.45) is 0 Å². The summed E-state index contributed by atoms with van der Waals surface area (Å²) in [6.07, 6.45) is 2.50. The maximum atomic E-state index is 12.8. The third-order valence-corrected chi connectivity index (χ3v) is 7.05. The van der Waals surface area contributed by atoms with Gasteiger partial charge >= 0.3 is 0 Å². The Labute approximate surface area is 180 Å². The lowest BCUT2D eigenvalue weighted by atomic mass is 10.2. The first-order valence-corrected chi connectivity index (χ1v) is 11.9. The fourth-order valence-corrected chi connectivity index (χ4v) is 5.03. The number of thiazole rings is 1. The van der Waals surface area contributed by atoms with Crippen LogP contribution < -0.4 is 14.4 Å². The quantitative estimate of drug-likeness (QED) is 0.595. The Morgan fingerprint density at radius 2 is 1.93 bits per heavy atom. The van der Waals surface area contributed by atoms with Gasteiger partial charge in [-0.05, 0) is 48.4 Å². The third kappa shape index (κ3) is 4.31. The Balaban J connectivity index is 0.00000272. The summed E-state index contributed by atoms with van der Waals surface area (Å²) < 4.78 is 33.2. The lowest BCUT2D eigenvalue weighted by molar-refractivity contribution is -0.122. The molecule has 0 spiro atoms. The molecule has 0 bridgehead atoms. The number of benzene rings is 2. The lowest BCUT2D eigenvalue weighted by Crippen LogP contribution is -2.32. The van der Waals surface area contributed by atoms with Crippen LogP contribution in [0.15, 0.2) is 65.0 Å². The number of nitrogens with zero attached hydrogens (tertiary/aromatic N) is 2. The van der Waals surface area contributed by atoms with Gasteiger partial charge in [0.25, 0.3) is 15.9 Å². The molecule has 30 heavy (non-hydrogen) atoms. The van der Waals surface area contributed by atoms with Crippen LogP contribution in [0, 0.1) is 0 Å². The van der Waals surface area contributed by atoms with Crippen molar-refractivity contribution in [2.45, 2.75) is 30.8 Å². The van der Waals surface area contributed by atoms with Gasteiger partial charge in [-0.1, -0.05) is 19.1 Å². The van der Waals surface area contributed by atoms with Gasteiger partial charge in [-0.2, -0.15) is 0 Å². The number of carbonyl (C=O) groups is 1. The number of hydrogen-bond donors (Lipinski definition) is 1. The van der Waals surface area contributed by atoms with Gasteiger partial charge in [0.2, 0.25) is 0 Å². The molecule has 4 rings (SSSR count). The maximum absolute atomic E-state index is 12.8. The van der Waals surface area contributed by atoms with Crippen molar-refractivity contribution in [2.75, 3.05) is 16.2 Å². The Kier molecular flexibility index (Phi) is 5.74. The average molecular weight is 446 g/mol. The van der Waals surface area contributed by atoms with Crippen molar-refractivity contribution in [3.63, 3.8) is 0 Å². The highest BCUT2D eigenvalue weighted by Gasteiger charge is 2.34. The van der Waals surface area contributed by atoms with E-state index in [0.717, 1.165) is 6.42 Å². The standard InChI is InChI=1S/C21H21N3O4S2.H2/c1-2-15-3-7-17(8-4-15)28-19-11-13-24(20(19)25)16-5-9-18(10-6-16)30(26,27)23-21-22-12-14-29-21;/h3-10,12,14,19H,2,11,13H2,1H3,(H,22,23);1H. The number of rotatable bonds is 7. The second-order valence-electron chi connectivity index (χ2n) is 6.82. The number of hydrogen-bond acceptors (Lipinski definition) is 6. The monoisotopic (exact) mass is 445 g/mol. The first-order valence-electron chi connectivity index (χ1n) is 9.55. The molecule has 1 amide bonds. The summed E-state index contributed by atoms with van der Waals surface area (Å²) in [5.74, 6) is 0.535. The molecule has 7 nitrogen and oxygen atoms in total. The van der Waals surface area contributed by atoms with Gasteiger partial charge in [0.15, 0.2) is 11.2 Å². The first-order chi connectivity index (χ1) is 14.5. The van der Waals surface area contributed by atoms with Crippen LogP contribution in [0.1, 0.15) is 20.3 Å².